The van der Waals surface area contributed by atoms with Crippen LogP contribution in [0.25, 0.3) is 0 Å². The molecule has 1 aliphatic rings. The Morgan fingerprint density at radius 2 is 1.80 bits per heavy atom. The molecule has 1 aliphatic carbocycles. The maximum Gasteiger partial charge on any atom is 0.239 e. The van der Waals surface area contributed by atoms with Crippen LogP contribution >= 0.6 is 0 Å². The minimum absolute atomic E-state index is 0.00593. The second-order valence-electron chi connectivity index (χ2n) is 6.78. The molecule has 136 valence electrons. The summed E-state index contributed by atoms with van der Waals surface area (Å²) in [4.78, 5) is 23.5. The van der Waals surface area contributed by atoms with Crippen molar-refractivity contribution in [2.45, 2.75) is 46.0 Å². The van der Waals surface area contributed by atoms with E-state index >= 15 is 0 Å². The molecule has 5 nitrogen and oxygen atoms in total. The first-order valence-electron chi connectivity index (χ1n) is 9.14. The number of hydrogen-bond acceptors (Lipinski definition) is 3. The molecule has 3 N–H and O–H groups in total. The van der Waals surface area contributed by atoms with Crippen LogP contribution in [0.5, 0.6) is 0 Å². The van der Waals surface area contributed by atoms with E-state index in [4.69, 9.17) is 0 Å². The third-order valence-corrected chi connectivity index (χ3v) is 4.28. The predicted octanol–water partition coefficient (Wildman–Crippen LogP) is 3.70. The fourth-order valence-corrected chi connectivity index (χ4v) is 2.70. The standard InChI is InChI=1S/C20H29N3O2/c1-15(2)20(25)23-18-10-8-17(9-11-18)22-14-19(24)21-13-12-16-6-4-3-5-7-16/h6,8-11,15,22H,3-5,7,12-14H2,1-2H3,(H,21,24)(H,23,25). The van der Waals surface area contributed by atoms with Crippen molar-refractivity contribution in [3.63, 3.8) is 0 Å². The molecule has 25 heavy (non-hydrogen) atoms. The molecular formula is C20H29N3O2. The number of benzene rings is 1. The Kier molecular flexibility index (Phi) is 7.51. The topological polar surface area (TPSA) is 70.2 Å². The highest BCUT2D eigenvalue weighted by molar-refractivity contribution is 5.92. The Morgan fingerprint density at radius 3 is 2.44 bits per heavy atom. The van der Waals surface area contributed by atoms with Crippen LogP contribution < -0.4 is 16.0 Å². The minimum Gasteiger partial charge on any atom is -0.376 e. The summed E-state index contributed by atoms with van der Waals surface area (Å²) >= 11 is 0. The van der Waals surface area contributed by atoms with Crippen LogP contribution in [0.2, 0.25) is 0 Å². The van der Waals surface area contributed by atoms with E-state index in [1.165, 1.54) is 31.3 Å². The Labute approximate surface area is 150 Å². The van der Waals surface area contributed by atoms with Crippen molar-refractivity contribution in [1.29, 1.82) is 0 Å². The second kappa shape index (κ2) is 9.87. The van der Waals surface area contributed by atoms with Gasteiger partial charge in [-0.05, 0) is 56.4 Å². The molecule has 2 rings (SSSR count). The maximum atomic E-state index is 11.9. The van der Waals surface area contributed by atoms with Gasteiger partial charge in [-0.3, -0.25) is 9.59 Å². The molecule has 0 bridgehead atoms. The summed E-state index contributed by atoms with van der Waals surface area (Å²) in [6, 6.07) is 7.37. The molecular weight excluding hydrogens is 314 g/mol. The first-order chi connectivity index (χ1) is 12.0. The van der Waals surface area contributed by atoms with Crippen LogP contribution in [0.15, 0.2) is 35.9 Å². The largest absolute Gasteiger partial charge is 0.376 e. The van der Waals surface area contributed by atoms with Crippen molar-refractivity contribution >= 4 is 23.2 Å². The van der Waals surface area contributed by atoms with Crippen LogP contribution in [0.1, 0.15) is 46.0 Å². The van der Waals surface area contributed by atoms with Crippen molar-refractivity contribution in [2.24, 2.45) is 5.92 Å². The first-order valence-corrected chi connectivity index (χ1v) is 9.14. The summed E-state index contributed by atoms with van der Waals surface area (Å²) in [6.07, 6.45) is 8.18. The lowest BCUT2D eigenvalue weighted by Crippen LogP contribution is -2.30. The molecule has 0 radical (unpaired) electrons. The number of hydrogen-bond donors (Lipinski definition) is 3. The number of carbonyl (C=O) groups is 2. The van der Waals surface area contributed by atoms with Gasteiger partial charge in [0.05, 0.1) is 6.54 Å². The molecule has 0 saturated heterocycles. The van der Waals surface area contributed by atoms with Crippen LogP contribution in [0.4, 0.5) is 11.4 Å². The maximum absolute atomic E-state index is 11.9. The molecule has 1 aromatic carbocycles. The van der Waals surface area contributed by atoms with Crippen LogP contribution in [-0.2, 0) is 9.59 Å². The van der Waals surface area contributed by atoms with Crippen LogP contribution in [-0.4, -0.2) is 24.9 Å². The molecule has 0 heterocycles. The highest BCUT2D eigenvalue weighted by Gasteiger charge is 2.07. The fourth-order valence-electron chi connectivity index (χ4n) is 2.70. The van der Waals surface area contributed by atoms with Crippen molar-refractivity contribution in [3.8, 4) is 0 Å². The predicted molar refractivity (Wildman–Crippen MR) is 103 cm³/mol. The molecule has 0 saturated carbocycles. The minimum atomic E-state index is -0.0501. The second-order valence-corrected chi connectivity index (χ2v) is 6.78. The average Bonchev–Trinajstić information content (AvgIpc) is 2.62. The van der Waals surface area contributed by atoms with E-state index in [0.29, 0.717) is 6.54 Å². The van der Waals surface area contributed by atoms with Crippen molar-refractivity contribution in [2.75, 3.05) is 23.7 Å². The number of anilines is 2. The van der Waals surface area contributed by atoms with Crippen LogP contribution in [0, 0.1) is 5.92 Å². The highest BCUT2D eigenvalue weighted by atomic mass is 16.2. The van der Waals surface area contributed by atoms with Gasteiger partial charge in [-0.1, -0.05) is 25.5 Å². The summed E-state index contributed by atoms with van der Waals surface area (Å²) in [7, 11) is 0. The lowest BCUT2D eigenvalue weighted by atomic mass is 9.97. The molecule has 0 fully saturated rings. The van der Waals surface area contributed by atoms with Gasteiger partial charge in [0.1, 0.15) is 0 Å². The highest BCUT2D eigenvalue weighted by Crippen LogP contribution is 2.19. The van der Waals surface area contributed by atoms with E-state index in [9.17, 15) is 9.59 Å². The number of amides is 2. The third kappa shape index (κ3) is 6.99. The summed E-state index contributed by atoms with van der Waals surface area (Å²) < 4.78 is 0. The monoisotopic (exact) mass is 343 g/mol. The summed E-state index contributed by atoms with van der Waals surface area (Å²) in [5.74, 6) is -0.0624. The zero-order chi connectivity index (χ0) is 18.1. The van der Waals surface area contributed by atoms with E-state index in [1.54, 1.807) is 0 Å². The molecule has 0 spiro atoms. The van der Waals surface area contributed by atoms with Crippen molar-refractivity contribution in [3.05, 3.63) is 35.9 Å². The van der Waals surface area contributed by atoms with E-state index in [-0.39, 0.29) is 24.3 Å². The van der Waals surface area contributed by atoms with Crippen LogP contribution in [0.3, 0.4) is 0 Å². The van der Waals surface area contributed by atoms with Gasteiger partial charge in [-0.15, -0.1) is 0 Å². The van der Waals surface area contributed by atoms with Gasteiger partial charge in [-0.2, -0.15) is 0 Å². The smallest absolute Gasteiger partial charge is 0.239 e. The fraction of sp³-hybridized carbons (Fsp3) is 0.500. The van der Waals surface area contributed by atoms with Gasteiger partial charge < -0.3 is 16.0 Å². The van der Waals surface area contributed by atoms with Gasteiger partial charge in [0.2, 0.25) is 11.8 Å². The molecule has 0 aromatic heterocycles. The number of allylic oxidation sites excluding steroid dienone is 1. The zero-order valence-electron chi connectivity index (χ0n) is 15.2. The molecule has 5 heteroatoms. The summed E-state index contributed by atoms with van der Waals surface area (Å²) in [6.45, 7) is 4.66. The average molecular weight is 343 g/mol. The molecule has 2 amide bonds. The zero-order valence-corrected chi connectivity index (χ0v) is 15.2. The summed E-state index contributed by atoms with van der Waals surface area (Å²) in [5.41, 5.74) is 3.08. The Morgan fingerprint density at radius 1 is 1.08 bits per heavy atom. The van der Waals surface area contributed by atoms with E-state index in [1.807, 2.05) is 38.1 Å². The normalized spacial score (nSPS) is 14.0. The molecule has 0 atom stereocenters. The molecule has 1 aromatic rings. The van der Waals surface area contributed by atoms with Gasteiger partial charge in [0.25, 0.3) is 0 Å². The Hall–Kier alpha value is -2.30. The van der Waals surface area contributed by atoms with E-state index in [0.717, 1.165) is 17.8 Å². The molecule has 0 aliphatic heterocycles. The Bertz CT molecular complexity index is 606. The van der Waals surface area contributed by atoms with E-state index < -0.39 is 0 Å². The van der Waals surface area contributed by atoms with Gasteiger partial charge in [0.15, 0.2) is 0 Å². The van der Waals surface area contributed by atoms with Gasteiger partial charge in [0, 0.05) is 23.8 Å². The van der Waals surface area contributed by atoms with Gasteiger partial charge in [-0.25, -0.2) is 0 Å². The lowest BCUT2D eigenvalue weighted by molar-refractivity contribution is -0.119. The molecule has 0 unspecified atom stereocenters. The lowest BCUT2D eigenvalue weighted by Gasteiger charge is -2.13. The van der Waals surface area contributed by atoms with E-state index in [2.05, 4.69) is 22.0 Å². The van der Waals surface area contributed by atoms with Crippen molar-refractivity contribution < 1.29 is 9.59 Å². The quantitative estimate of drug-likeness (QED) is 0.630. The number of nitrogens with one attached hydrogen (secondary N) is 3. The van der Waals surface area contributed by atoms with Crippen molar-refractivity contribution in [1.82, 2.24) is 5.32 Å². The third-order valence-electron chi connectivity index (χ3n) is 4.28. The first kappa shape index (κ1) is 19.0. The summed E-state index contributed by atoms with van der Waals surface area (Å²) in [5, 5.41) is 8.89. The SMILES string of the molecule is CC(C)C(=O)Nc1ccc(NCC(=O)NCCC2=CCCCC2)cc1. The Balaban J connectivity index is 1.67. The van der Waals surface area contributed by atoms with Gasteiger partial charge >= 0.3 is 0 Å². The number of rotatable bonds is 8. The number of carbonyl (C=O) groups excluding carboxylic acids is 2.